The van der Waals surface area contributed by atoms with Gasteiger partial charge < -0.3 is 5.32 Å². The highest BCUT2D eigenvalue weighted by Gasteiger charge is 2.31. The van der Waals surface area contributed by atoms with E-state index in [-0.39, 0.29) is 11.6 Å². The van der Waals surface area contributed by atoms with Gasteiger partial charge in [-0.25, -0.2) is 0 Å². The summed E-state index contributed by atoms with van der Waals surface area (Å²) in [6.45, 7) is 0. The summed E-state index contributed by atoms with van der Waals surface area (Å²) in [4.78, 5) is 4.15. The van der Waals surface area contributed by atoms with Crippen molar-refractivity contribution in [3.8, 4) is 0 Å². The van der Waals surface area contributed by atoms with Crippen molar-refractivity contribution in [1.82, 2.24) is 4.98 Å². The van der Waals surface area contributed by atoms with Crippen molar-refractivity contribution in [1.29, 1.82) is 0 Å². The Morgan fingerprint density at radius 3 is 2.41 bits per heavy atom. The highest BCUT2D eigenvalue weighted by molar-refractivity contribution is 6.30. The number of nitrogens with zero attached hydrogens (tertiary/aromatic N) is 3. The molecule has 4 nitrogen and oxygen atoms in total. The number of hydrazone groups is 1. The van der Waals surface area contributed by atoms with Gasteiger partial charge in [-0.15, -0.1) is 0 Å². The summed E-state index contributed by atoms with van der Waals surface area (Å²) in [5, 5.41) is 11.7. The molecule has 1 atom stereocenters. The highest BCUT2D eigenvalue weighted by Crippen LogP contribution is 2.38. The van der Waals surface area contributed by atoms with E-state index in [1.165, 1.54) is 12.3 Å². The average molecular weight is 543 g/mol. The van der Waals surface area contributed by atoms with E-state index in [2.05, 4.69) is 22.4 Å². The van der Waals surface area contributed by atoms with Crippen molar-refractivity contribution in [2.75, 3.05) is 10.3 Å². The van der Waals surface area contributed by atoms with Crippen LogP contribution >= 0.6 is 11.6 Å². The molecule has 194 valence electrons. The third-order valence-corrected chi connectivity index (χ3v) is 6.98. The lowest BCUT2D eigenvalue weighted by atomic mass is 9.97. The molecule has 39 heavy (non-hydrogen) atoms. The maximum Gasteiger partial charge on any atom is 0.416 e. The molecule has 6 rings (SSSR count). The van der Waals surface area contributed by atoms with Crippen molar-refractivity contribution < 1.29 is 13.2 Å². The molecule has 4 aromatic carbocycles. The minimum Gasteiger partial charge on any atom is -0.355 e. The molecule has 1 aromatic heterocycles. The van der Waals surface area contributed by atoms with Crippen LogP contribution in [0.3, 0.4) is 0 Å². The van der Waals surface area contributed by atoms with E-state index in [1.54, 1.807) is 6.07 Å². The molecule has 8 heteroatoms. The van der Waals surface area contributed by atoms with Crippen LogP contribution in [0.15, 0.2) is 114 Å². The number of benzene rings is 4. The fourth-order valence-electron chi connectivity index (χ4n) is 4.82. The molecule has 0 amide bonds. The van der Waals surface area contributed by atoms with Gasteiger partial charge in [0.2, 0.25) is 0 Å². The molecule has 0 radical (unpaired) electrons. The first-order valence-electron chi connectivity index (χ1n) is 12.4. The van der Waals surface area contributed by atoms with E-state index in [0.29, 0.717) is 22.5 Å². The van der Waals surface area contributed by atoms with Gasteiger partial charge in [0, 0.05) is 34.4 Å². The SMILES string of the molecule is FC(F)(F)c1ccc2c(Nc3cccc(C4CC(c5ccc(Cl)cc5)=NN4c4ccccc4)c3)ccnc2c1. The lowest BCUT2D eigenvalue weighted by Gasteiger charge is -2.24. The van der Waals surface area contributed by atoms with E-state index in [1.807, 2.05) is 71.7 Å². The van der Waals surface area contributed by atoms with Crippen molar-refractivity contribution in [3.63, 3.8) is 0 Å². The van der Waals surface area contributed by atoms with Crippen molar-refractivity contribution in [2.45, 2.75) is 18.6 Å². The molecule has 0 spiro atoms. The molecule has 0 saturated heterocycles. The minimum atomic E-state index is -4.42. The third kappa shape index (κ3) is 5.18. The average Bonchev–Trinajstić information content (AvgIpc) is 3.39. The Kier molecular flexibility index (Phi) is 6.45. The quantitative estimate of drug-likeness (QED) is 0.241. The van der Waals surface area contributed by atoms with Crippen molar-refractivity contribution in [3.05, 3.63) is 131 Å². The van der Waals surface area contributed by atoms with E-state index in [0.717, 1.165) is 40.3 Å². The third-order valence-electron chi connectivity index (χ3n) is 6.73. The normalized spacial score (nSPS) is 15.4. The van der Waals surface area contributed by atoms with Gasteiger partial charge in [-0.2, -0.15) is 18.3 Å². The fraction of sp³-hybridized carbons (Fsp3) is 0.0968. The molecule has 1 aliphatic rings. The Labute approximate surface area is 228 Å². The number of anilines is 3. The van der Waals surface area contributed by atoms with Crippen molar-refractivity contribution >= 4 is 45.3 Å². The van der Waals surface area contributed by atoms with Gasteiger partial charge >= 0.3 is 6.18 Å². The summed E-state index contributed by atoms with van der Waals surface area (Å²) >= 11 is 6.10. The first-order valence-corrected chi connectivity index (χ1v) is 12.7. The Bertz CT molecular complexity index is 1670. The van der Waals surface area contributed by atoms with Gasteiger partial charge in [0.1, 0.15) is 0 Å². The molecule has 2 heterocycles. The lowest BCUT2D eigenvalue weighted by Crippen LogP contribution is -2.18. The number of nitrogens with one attached hydrogen (secondary N) is 1. The topological polar surface area (TPSA) is 40.5 Å². The second kappa shape index (κ2) is 10.1. The van der Waals surface area contributed by atoms with Crippen LogP contribution in [0.2, 0.25) is 5.02 Å². The summed E-state index contributed by atoms with van der Waals surface area (Å²) in [7, 11) is 0. The summed E-state index contributed by atoms with van der Waals surface area (Å²) < 4.78 is 39.6. The lowest BCUT2D eigenvalue weighted by molar-refractivity contribution is -0.137. The Morgan fingerprint density at radius 1 is 0.846 bits per heavy atom. The molecule has 5 aromatic rings. The van der Waals surface area contributed by atoms with E-state index >= 15 is 0 Å². The summed E-state index contributed by atoms with van der Waals surface area (Å²) in [5.41, 5.74) is 5.04. The van der Waals surface area contributed by atoms with Crippen LogP contribution in [-0.4, -0.2) is 10.7 Å². The van der Waals surface area contributed by atoms with Crippen LogP contribution in [0.4, 0.5) is 30.2 Å². The van der Waals surface area contributed by atoms with Crippen LogP contribution in [0, 0.1) is 0 Å². The number of pyridine rings is 1. The molecule has 1 aliphatic heterocycles. The first kappa shape index (κ1) is 24.9. The number of rotatable bonds is 5. The van der Waals surface area contributed by atoms with Gasteiger partial charge in [-0.1, -0.05) is 60.1 Å². The van der Waals surface area contributed by atoms with Crippen LogP contribution in [0.25, 0.3) is 10.9 Å². The molecule has 0 fully saturated rings. The Hall–Kier alpha value is -4.36. The fourth-order valence-corrected chi connectivity index (χ4v) is 4.94. The molecule has 0 saturated carbocycles. The summed E-state index contributed by atoms with van der Waals surface area (Å²) in [6, 6.07) is 31.0. The molecule has 0 bridgehead atoms. The molecule has 1 N–H and O–H groups in total. The smallest absolute Gasteiger partial charge is 0.355 e. The predicted molar refractivity (Wildman–Crippen MR) is 151 cm³/mol. The second-order valence-electron chi connectivity index (χ2n) is 9.29. The molecule has 1 unspecified atom stereocenters. The monoisotopic (exact) mass is 542 g/mol. The van der Waals surface area contributed by atoms with Gasteiger partial charge in [0.05, 0.1) is 28.5 Å². The molecular formula is C31H22ClF3N4. The van der Waals surface area contributed by atoms with Gasteiger partial charge in [0.25, 0.3) is 0 Å². The number of hydrogen-bond donors (Lipinski definition) is 1. The zero-order valence-electron chi connectivity index (χ0n) is 20.5. The maximum atomic E-state index is 13.2. The van der Waals surface area contributed by atoms with Crippen LogP contribution in [0.1, 0.15) is 29.2 Å². The predicted octanol–water partition coefficient (Wildman–Crippen LogP) is 9.01. The summed E-state index contributed by atoms with van der Waals surface area (Å²) in [6.07, 6.45) is -2.22. The van der Waals surface area contributed by atoms with E-state index in [4.69, 9.17) is 16.7 Å². The van der Waals surface area contributed by atoms with Crippen LogP contribution in [-0.2, 0) is 6.18 Å². The number of aromatic nitrogens is 1. The van der Waals surface area contributed by atoms with Gasteiger partial charge in [0.15, 0.2) is 0 Å². The van der Waals surface area contributed by atoms with Crippen molar-refractivity contribution in [2.24, 2.45) is 5.10 Å². The number of halogens is 4. The zero-order valence-corrected chi connectivity index (χ0v) is 21.3. The number of fused-ring (bicyclic) bond motifs is 1. The Morgan fingerprint density at radius 2 is 1.64 bits per heavy atom. The zero-order chi connectivity index (χ0) is 27.0. The van der Waals surface area contributed by atoms with E-state index in [9.17, 15) is 13.2 Å². The van der Waals surface area contributed by atoms with Gasteiger partial charge in [-0.3, -0.25) is 9.99 Å². The number of para-hydroxylation sites is 1. The molecule has 0 aliphatic carbocycles. The second-order valence-corrected chi connectivity index (χ2v) is 9.73. The minimum absolute atomic E-state index is 0.0524. The van der Waals surface area contributed by atoms with Crippen LogP contribution < -0.4 is 10.3 Å². The Balaban J connectivity index is 1.33. The highest BCUT2D eigenvalue weighted by atomic mass is 35.5. The van der Waals surface area contributed by atoms with E-state index < -0.39 is 11.7 Å². The standard InChI is InChI=1S/C31H22ClF3N4/c32-23-12-9-20(10-13-23)28-19-30(39(38-28)25-7-2-1-3-8-25)21-5-4-6-24(17-21)37-27-15-16-36-29-18-22(31(33,34)35)11-14-26(27)29/h1-18,30H,19H2,(H,36,37). The first-order chi connectivity index (χ1) is 18.8. The largest absolute Gasteiger partial charge is 0.416 e. The maximum absolute atomic E-state index is 13.2. The molecular weight excluding hydrogens is 521 g/mol. The number of hydrogen-bond acceptors (Lipinski definition) is 4. The number of alkyl halides is 3. The van der Waals surface area contributed by atoms with Gasteiger partial charge in [-0.05, 0) is 65.7 Å². The van der Waals surface area contributed by atoms with Crippen LogP contribution in [0.5, 0.6) is 0 Å². The summed E-state index contributed by atoms with van der Waals surface area (Å²) in [5.74, 6) is 0.